The third-order valence-corrected chi connectivity index (χ3v) is 7.17. The van der Waals surface area contributed by atoms with Crippen LogP contribution in [0.2, 0.25) is 0 Å². The van der Waals surface area contributed by atoms with Crippen LogP contribution in [0.25, 0.3) is 0 Å². The Bertz CT molecular complexity index is 552. The Hall–Kier alpha value is -1.14. The minimum atomic E-state index is -0.278. The molecule has 0 radical (unpaired) electrons. The zero-order chi connectivity index (χ0) is 16.0. The molecule has 2 heterocycles. The maximum absolute atomic E-state index is 12.0. The fourth-order valence-corrected chi connectivity index (χ4v) is 6.02. The number of hydrogen-bond acceptors (Lipinski definition) is 6. The van der Waals surface area contributed by atoms with Crippen LogP contribution in [0.4, 0.5) is 0 Å². The molecule has 4 saturated carbocycles. The van der Waals surface area contributed by atoms with Crippen LogP contribution in [-0.4, -0.2) is 48.6 Å². The Kier molecular flexibility index (Phi) is 2.77. The van der Waals surface area contributed by atoms with Gasteiger partial charge in [-0.3, -0.25) is 9.59 Å². The highest BCUT2D eigenvalue weighted by molar-refractivity contribution is 5.78. The highest BCUT2D eigenvalue weighted by Gasteiger charge is 2.65. The average Bonchev–Trinajstić information content (AvgIpc) is 3.40. The predicted octanol–water partition coefficient (Wildman–Crippen LogP) is 1.20. The van der Waals surface area contributed by atoms with Gasteiger partial charge in [-0.2, -0.15) is 0 Å². The Morgan fingerprint density at radius 3 is 1.54 bits per heavy atom. The van der Waals surface area contributed by atoms with Crippen molar-refractivity contribution in [3.63, 3.8) is 0 Å². The van der Waals surface area contributed by atoms with E-state index < -0.39 is 0 Å². The van der Waals surface area contributed by atoms with Gasteiger partial charge in [-0.1, -0.05) is 0 Å². The largest absolute Gasteiger partial charge is 0.462 e. The van der Waals surface area contributed by atoms with Gasteiger partial charge < -0.3 is 18.9 Å². The summed E-state index contributed by atoms with van der Waals surface area (Å²) in [5.41, 5.74) is 0. The molecule has 6 heteroatoms. The summed E-state index contributed by atoms with van der Waals surface area (Å²) < 4.78 is 22.3. The van der Waals surface area contributed by atoms with Crippen LogP contribution >= 0.6 is 0 Å². The van der Waals surface area contributed by atoms with Gasteiger partial charge in [-0.05, 0) is 37.5 Å². The number of esters is 2. The van der Waals surface area contributed by atoms with Gasteiger partial charge in [-0.25, -0.2) is 0 Å². The second-order valence-corrected chi connectivity index (χ2v) is 8.48. The number of carbonyl (C=O) groups is 2. The number of epoxide rings is 2. The van der Waals surface area contributed by atoms with Crippen molar-refractivity contribution >= 4 is 11.9 Å². The number of ether oxygens (including phenoxy) is 4. The van der Waals surface area contributed by atoms with Crippen LogP contribution in [0.15, 0.2) is 0 Å². The van der Waals surface area contributed by atoms with Gasteiger partial charge in [-0.15, -0.1) is 0 Å². The number of hydrogen-bond donors (Lipinski definition) is 0. The Morgan fingerprint density at radius 2 is 1.17 bits per heavy atom. The smallest absolute Gasteiger partial charge is 0.306 e. The molecule has 0 spiro atoms. The van der Waals surface area contributed by atoms with Gasteiger partial charge in [0.25, 0.3) is 0 Å². The second kappa shape index (κ2) is 4.73. The van der Waals surface area contributed by atoms with E-state index in [1.807, 2.05) is 0 Å². The molecule has 4 aliphatic carbocycles. The van der Waals surface area contributed by atoms with Gasteiger partial charge in [0.2, 0.25) is 0 Å². The summed E-state index contributed by atoms with van der Waals surface area (Å²) in [5, 5.41) is 0. The molecule has 10 atom stereocenters. The van der Waals surface area contributed by atoms with Crippen LogP contribution in [0, 0.1) is 23.7 Å². The molecular weight excluding hydrogens is 312 g/mol. The average molecular weight is 334 g/mol. The molecule has 0 aromatic rings. The van der Waals surface area contributed by atoms with Gasteiger partial charge in [0.05, 0.1) is 37.3 Å². The quantitative estimate of drug-likeness (QED) is 0.555. The first kappa shape index (κ1) is 14.1. The predicted molar refractivity (Wildman–Crippen MR) is 78.7 cm³/mol. The molecule has 6 nitrogen and oxygen atoms in total. The lowest BCUT2D eigenvalue weighted by molar-refractivity contribution is -0.158. The van der Waals surface area contributed by atoms with Gasteiger partial charge in [0.1, 0.15) is 12.2 Å². The lowest BCUT2D eigenvalue weighted by Gasteiger charge is -2.21. The first-order valence-electron chi connectivity index (χ1n) is 9.37. The maximum Gasteiger partial charge on any atom is 0.306 e. The van der Waals surface area contributed by atoms with Crippen molar-refractivity contribution in [1.82, 2.24) is 0 Å². The number of carbonyl (C=O) groups excluding carboxylic acids is 2. The minimum Gasteiger partial charge on any atom is -0.462 e. The summed E-state index contributed by atoms with van der Waals surface area (Å²) >= 11 is 0. The Labute approximate surface area is 140 Å². The summed E-state index contributed by atoms with van der Waals surface area (Å²) in [6, 6.07) is 0. The van der Waals surface area contributed by atoms with Crippen LogP contribution in [0.1, 0.15) is 38.5 Å². The Morgan fingerprint density at radius 1 is 0.708 bits per heavy atom. The number of rotatable bonds is 5. The molecule has 0 aromatic heterocycles. The fraction of sp³-hybridized carbons (Fsp3) is 0.889. The summed E-state index contributed by atoms with van der Waals surface area (Å²) in [4.78, 5) is 24.1. The molecule has 0 N–H and O–H groups in total. The number of fused-ring (bicyclic) bond motifs is 10. The summed E-state index contributed by atoms with van der Waals surface area (Å²) in [6.45, 7) is 0. The van der Waals surface area contributed by atoms with E-state index in [-0.39, 0.29) is 37.0 Å². The summed E-state index contributed by atoms with van der Waals surface area (Å²) in [5.74, 6) is 1.37. The summed E-state index contributed by atoms with van der Waals surface area (Å²) in [7, 11) is 0. The van der Waals surface area contributed by atoms with E-state index in [1.165, 1.54) is 0 Å². The molecule has 6 aliphatic rings. The van der Waals surface area contributed by atoms with Crippen molar-refractivity contribution in [3.05, 3.63) is 0 Å². The Balaban J connectivity index is 0.961. The third kappa shape index (κ3) is 2.02. The molecule has 24 heavy (non-hydrogen) atoms. The first-order valence-corrected chi connectivity index (χ1v) is 9.37. The van der Waals surface area contributed by atoms with Crippen molar-refractivity contribution in [3.8, 4) is 0 Å². The van der Waals surface area contributed by atoms with Crippen LogP contribution < -0.4 is 0 Å². The lowest BCUT2D eigenvalue weighted by atomic mass is 9.97. The maximum atomic E-state index is 12.0. The molecule has 2 aliphatic heterocycles. The van der Waals surface area contributed by atoms with E-state index >= 15 is 0 Å². The normalized spacial score (nSPS) is 54.3. The summed E-state index contributed by atoms with van der Waals surface area (Å²) in [6.07, 6.45) is 5.88. The zero-order valence-electron chi connectivity index (χ0n) is 13.5. The van der Waals surface area contributed by atoms with Crippen molar-refractivity contribution in [2.75, 3.05) is 0 Å². The molecule has 10 unspecified atom stereocenters. The van der Waals surface area contributed by atoms with Gasteiger partial charge in [0.15, 0.2) is 0 Å². The van der Waals surface area contributed by atoms with Crippen molar-refractivity contribution in [2.45, 2.75) is 75.1 Å². The van der Waals surface area contributed by atoms with Crippen LogP contribution in [-0.2, 0) is 28.5 Å². The molecule has 6 fully saturated rings. The van der Waals surface area contributed by atoms with E-state index in [9.17, 15) is 9.59 Å². The first-order chi connectivity index (χ1) is 11.7. The molecule has 0 aromatic carbocycles. The monoisotopic (exact) mass is 334 g/mol. The molecule has 2 saturated heterocycles. The third-order valence-electron chi connectivity index (χ3n) is 7.17. The van der Waals surface area contributed by atoms with E-state index in [2.05, 4.69) is 0 Å². The van der Waals surface area contributed by atoms with Crippen LogP contribution in [0.5, 0.6) is 0 Å². The highest BCUT2D eigenvalue weighted by Crippen LogP contribution is 2.58. The molecular formula is C18H22O6. The van der Waals surface area contributed by atoms with Crippen LogP contribution in [0.3, 0.4) is 0 Å². The van der Waals surface area contributed by atoms with Crippen molar-refractivity contribution in [1.29, 1.82) is 0 Å². The zero-order valence-corrected chi connectivity index (χ0v) is 13.5. The van der Waals surface area contributed by atoms with E-state index in [0.717, 1.165) is 25.7 Å². The van der Waals surface area contributed by atoms with Crippen molar-refractivity contribution < 1.29 is 28.5 Å². The fourth-order valence-electron chi connectivity index (χ4n) is 6.02. The SMILES string of the molecule is O=C(CCC(=O)OC1CC2CC1C1OC21)OC1CC2CC1C1OC21. The van der Waals surface area contributed by atoms with Gasteiger partial charge >= 0.3 is 11.9 Å². The minimum absolute atomic E-state index is 0.00298. The topological polar surface area (TPSA) is 77.7 Å². The molecule has 4 bridgehead atoms. The second-order valence-electron chi connectivity index (χ2n) is 8.48. The molecule has 0 amide bonds. The lowest BCUT2D eigenvalue weighted by Crippen LogP contribution is -2.30. The molecule has 130 valence electrons. The van der Waals surface area contributed by atoms with Crippen molar-refractivity contribution in [2.24, 2.45) is 23.7 Å². The highest BCUT2D eigenvalue weighted by atomic mass is 16.6. The van der Waals surface area contributed by atoms with E-state index in [4.69, 9.17) is 18.9 Å². The standard InChI is InChI=1S/C18H22O6/c19-13(21-11-5-7-3-9(11)17-15(7)23-17)1-2-14(20)22-12-6-8-4-10(12)18-16(8)24-18/h7-12,15-18H,1-6H2. The van der Waals surface area contributed by atoms with E-state index in [1.54, 1.807) is 0 Å². The molecule has 6 rings (SSSR count). The van der Waals surface area contributed by atoms with Gasteiger partial charge in [0, 0.05) is 11.8 Å². The van der Waals surface area contributed by atoms with E-state index in [0.29, 0.717) is 48.1 Å².